The Bertz CT molecular complexity index is 635. The van der Waals surface area contributed by atoms with Crippen LogP contribution in [0.2, 0.25) is 0 Å². The molecule has 0 amide bonds. The van der Waals surface area contributed by atoms with Crippen molar-refractivity contribution < 1.29 is 15.0 Å². The van der Waals surface area contributed by atoms with Gasteiger partial charge < -0.3 is 14.8 Å². The molecule has 0 aliphatic heterocycles. The second-order valence-corrected chi connectivity index (χ2v) is 5.56. The van der Waals surface area contributed by atoms with E-state index in [0.717, 1.165) is 37.7 Å². The molecule has 3 rings (SSSR count). The van der Waals surface area contributed by atoms with E-state index in [9.17, 15) is 9.90 Å². The fraction of sp³-hybridized carbons (Fsp3) is 0.467. The molecule has 0 bridgehead atoms. The zero-order chi connectivity index (χ0) is 14.1. The van der Waals surface area contributed by atoms with Crippen LogP contribution in [0.1, 0.15) is 36.0 Å². The van der Waals surface area contributed by atoms with Crippen molar-refractivity contribution in [3.63, 3.8) is 0 Å². The van der Waals surface area contributed by atoms with E-state index in [1.807, 2.05) is 10.6 Å². The molecule has 0 radical (unpaired) electrons. The summed E-state index contributed by atoms with van der Waals surface area (Å²) in [5.74, 6) is -0.515. The largest absolute Gasteiger partial charge is 0.478 e. The average molecular weight is 274 g/mol. The van der Waals surface area contributed by atoms with E-state index in [4.69, 9.17) is 5.11 Å². The number of carboxylic acids is 1. The minimum atomic E-state index is -0.950. The predicted octanol–water partition coefficient (Wildman–Crippen LogP) is 2.29. The zero-order valence-corrected chi connectivity index (χ0v) is 11.2. The molecule has 1 aliphatic carbocycles. The van der Waals surface area contributed by atoms with Gasteiger partial charge in [0.25, 0.3) is 0 Å². The summed E-state index contributed by atoms with van der Waals surface area (Å²) in [5.41, 5.74) is 1.63. The Kier molecular flexibility index (Phi) is 3.44. The highest BCUT2D eigenvalue weighted by atomic mass is 16.4. The summed E-state index contributed by atoms with van der Waals surface area (Å²) in [6.07, 6.45) is 5.38. The maximum atomic E-state index is 11.2. The maximum absolute atomic E-state index is 11.2. The number of aliphatic hydroxyl groups excluding tert-OH is 1. The molecule has 1 aromatic carbocycles. The zero-order valence-electron chi connectivity index (χ0n) is 11.2. The fourth-order valence-corrected chi connectivity index (χ4v) is 3.11. The number of aromatic nitrogens is 2. The first-order valence-electron chi connectivity index (χ1n) is 7.00. The van der Waals surface area contributed by atoms with Crippen LogP contribution in [0.5, 0.6) is 0 Å². The molecule has 20 heavy (non-hydrogen) atoms. The summed E-state index contributed by atoms with van der Waals surface area (Å²) in [5, 5.41) is 18.9. The van der Waals surface area contributed by atoms with E-state index < -0.39 is 5.97 Å². The van der Waals surface area contributed by atoms with E-state index in [-0.39, 0.29) is 11.7 Å². The number of nitrogens with zero attached hydrogens (tertiary/aromatic N) is 2. The smallest absolute Gasteiger partial charge is 0.337 e. The van der Waals surface area contributed by atoms with Crippen LogP contribution in [0, 0.1) is 5.92 Å². The van der Waals surface area contributed by atoms with Gasteiger partial charge in [-0.2, -0.15) is 0 Å². The maximum Gasteiger partial charge on any atom is 0.337 e. The number of aliphatic hydroxyl groups is 1. The van der Waals surface area contributed by atoms with Gasteiger partial charge >= 0.3 is 5.97 Å². The third-order valence-corrected chi connectivity index (χ3v) is 4.09. The minimum absolute atomic E-state index is 0.196. The van der Waals surface area contributed by atoms with Crippen LogP contribution in [0.3, 0.4) is 0 Å². The van der Waals surface area contributed by atoms with Gasteiger partial charge in [0, 0.05) is 6.54 Å². The molecular weight excluding hydrogens is 256 g/mol. The third kappa shape index (κ3) is 2.41. The van der Waals surface area contributed by atoms with E-state index in [2.05, 4.69) is 4.98 Å². The summed E-state index contributed by atoms with van der Waals surface area (Å²) in [4.78, 5) is 15.4. The first kappa shape index (κ1) is 13.1. The van der Waals surface area contributed by atoms with Crippen molar-refractivity contribution in [1.29, 1.82) is 0 Å². The first-order chi connectivity index (χ1) is 9.65. The molecule has 1 aliphatic rings. The lowest BCUT2D eigenvalue weighted by atomic mass is 9.87. The monoisotopic (exact) mass is 274 g/mol. The van der Waals surface area contributed by atoms with Gasteiger partial charge in [0.2, 0.25) is 0 Å². The van der Waals surface area contributed by atoms with Gasteiger partial charge in [-0.3, -0.25) is 0 Å². The predicted molar refractivity (Wildman–Crippen MR) is 74.7 cm³/mol. The van der Waals surface area contributed by atoms with Crippen molar-refractivity contribution in [1.82, 2.24) is 9.55 Å². The molecule has 0 saturated heterocycles. The van der Waals surface area contributed by atoms with Gasteiger partial charge in [0.1, 0.15) is 5.52 Å². The van der Waals surface area contributed by atoms with Crippen LogP contribution in [0.4, 0.5) is 0 Å². The Balaban J connectivity index is 1.89. The van der Waals surface area contributed by atoms with Gasteiger partial charge in [-0.25, -0.2) is 9.78 Å². The summed E-state index contributed by atoms with van der Waals surface area (Å²) in [6.45, 7) is 0.788. The second kappa shape index (κ2) is 5.25. The lowest BCUT2D eigenvalue weighted by Crippen LogP contribution is -2.22. The highest BCUT2D eigenvalue weighted by molar-refractivity contribution is 6.00. The molecule has 5 heteroatoms. The molecule has 1 heterocycles. The number of aromatic carboxylic acids is 1. The van der Waals surface area contributed by atoms with Gasteiger partial charge in [-0.15, -0.1) is 0 Å². The molecule has 2 N–H and O–H groups in total. The molecule has 1 saturated carbocycles. The summed E-state index contributed by atoms with van der Waals surface area (Å²) >= 11 is 0. The molecular formula is C15H18N2O3. The number of carbonyl (C=O) groups is 1. The van der Waals surface area contributed by atoms with E-state index >= 15 is 0 Å². The molecule has 2 unspecified atom stereocenters. The number of benzene rings is 1. The number of hydrogen-bond donors (Lipinski definition) is 2. The Morgan fingerprint density at radius 1 is 1.40 bits per heavy atom. The molecule has 2 atom stereocenters. The molecule has 106 valence electrons. The van der Waals surface area contributed by atoms with Gasteiger partial charge in [-0.1, -0.05) is 12.5 Å². The second-order valence-electron chi connectivity index (χ2n) is 5.56. The van der Waals surface area contributed by atoms with Gasteiger partial charge in [-0.05, 0) is 37.3 Å². The number of hydrogen-bond acceptors (Lipinski definition) is 3. The lowest BCUT2D eigenvalue weighted by Gasteiger charge is -2.26. The van der Waals surface area contributed by atoms with Gasteiger partial charge in [0.05, 0.1) is 23.5 Å². The summed E-state index contributed by atoms with van der Waals surface area (Å²) in [7, 11) is 0. The lowest BCUT2D eigenvalue weighted by molar-refractivity contribution is 0.0698. The van der Waals surface area contributed by atoms with Crippen LogP contribution in [-0.4, -0.2) is 31.8 Å². The Morgan fingerprint density at radius 2 is 2.25 bits per heavy atom. The third-order valence-electron chi connectivity index (χ3n) is 4.09. The van der Waals surface area contributed by atoms with Crippen LogP contribution in [0.25, 0.3) is 11.0 Å². The highest BCUT2D eigenvalue weighted by Gasteiger charge is 2.21. The average Bonchev–Trinajstić information content (AvgIpc) is 2.82. The van der Waals surface area contributed by atoms with Gasteiger partial charge in [0.15, 0.2) is 0 Å². The Labute approximate surface area is 116 Å². The van der Waals surface area contributed by atoms with Crippen molar-refractivity contribution in [3.05, 3.63) is 30.1 Å². The molecule has 2 aromatic rings. The first-order valence-corrected chi connectivity index (χ1v) is 7.00. The highest BCUT2D eigenvalue weighted by Crippen LogP contribution is 2.27. The van der Waals surface area contributed by atoms with Crippen LogP contribution >= 0.6 is 0 Å². The fourth-order valence-electron chi connectivity index (χ4n) is 3.11. The Morgan fingerprint density at radius 3 is 3.00 bits per heavy atom. The minimum Gasteiger partial charge on any atom is -0.478 e. The van der Waals surface area contributed by atoms with Crippen LogP contribution in [-0.2, 0) is 6.54 Å². The van der Waals surface area contributed by atoms with E-state index in [0.29, 0.717) is 11.4 Å². The van der Waals surface area contributed by atoms with Crippen molar-refractivity contribution in [2.45, 2.75) is 38.3 Å². The topological polar surface area (TPSA) is 75.3 Å². The van der Waals surface area contributed by atoms with Crippen LogP contribution in [0.15, 0.2) is 24.5 Å². The van der Waals surface area contributed by atoms with Crippen LogP contribution < -0.4 is 0 Å². The van der Waals surface area contributed by atoms with E-state index in [1.165, 1.54) is 0 Å². The molecule has 1 aromatic heterocycles. The SMILES string of the molecule is O=C(O)c1cccc2c1ncn2CC1CCCC(O)C1. The number of rotatable bonds is 3. The van der Waals surface area contributed by atoms with Crippen molar-refractivity contribution in [2.24, 2.45) is 5.92 Å². The number of fused-ring (bicyclic) bond motifs is 1. The Hall–Kier alpha value is -1.88. The standard InChI is InChI=1S/C15H18N2O3/c18-11-4-1-3-10(7-11)8-17-9-16-14-12(15(19)20)5-2-6-13(14)17/h2,5-6,9-11,18H,1,3-4,7-8H2,(H,19,20). The van der Waals surface area contributed by atoms with Crippen molar-refractivity contribution in [3.8, 4) is 0 Å². The van der Waals surface area contributed by atoms with Crippen molar-refractivity contribution >= 4 is 17.0 Å². The molecule has 0 spiro atoms. The molecule has 1 fully saturated rings. The van der Waals surface area contributed by atoms with Crippen molar-refractivity contribution in [2.75, 3.05) is 0 Å². The normalized spacial score (nSPS) is 23.1. The quantitative estimate of drug-likeness (QED) is 0.900. The summed E-state index contributed by atoms with van der Waals surface area (Å²) in [6, 6.07) is 5.22. The number of carboxylic acid groups (broad SMARTS) is 1. The number of imidazole rings is 1. The molecule has 5 nitrogen and oxygen atoms in total. The summed E-state index contributed by atoms with van der Waals surface area (Å²) < 4.78 is 2.00. The van der Waals surface area contributed by atoms with E-state index in [1.54, 1.807) is 18.5 Å². The number of para-hydroxylation sites is 1.